The van der Waals surface area contributed by atoms with Crippen LogP contribution < -0.4 is 5.73 Å². The number of hydrogen-bond acceptors (Lipinski definition) is 6. The molecule has 1 aliphatic carbocycles. The van der Waals surface area contributed by atoms with Gasteiger partial charge in [-0.3, -0.25) is 14.6 Å². The molecule has 2 N–H and O–H groups in total. The summed E-state index contributed by atoms with van der Waals surface area (Å²) in [5.74, 6) is -1.71. The normalized spacial score (nSPS) is 26.2. The molecule has 4 rings (SSSR count). The average molecular weight is 479 g/mol. The van der Waals surface area contributed by atoms with E-state index in [1.165, 1.54) is 35.4 Å². The number of amidine groups is 1. The second kappa shape index (κ2) is 8.12. The van der Waals surface area contributed by atoms with Crippen LogP contribution in [0.15, 0.2) is 41.5 Å². The lowest BCUT2D eigenvalue weighted by molar-refractivity contribution is -0.129. The molecule has 0 saturated heterocycles. The summed E-state index contributed by atoms with van der Waals surface area (Å²) in [4.78, 5) is 35.2. The van der Waals surface area contributed by atoms with Gasteiger partial charge < -0.3 is 10.6 Å². The van der Waals surface area contributed by atoms with Gasteiger partial charge in [0, 0.05) is 38.2 Å². The van der Waals surface area contributed by atoms with Crippen LogP contribution in [-0.4, -0.2) is 52.3 Å². The second-order valence-electron chi connectivity index (χ2n) is 8.23. The van der Waals surface area contributed by atoms with Gasteiger partial charge in [0.2, 0.25) is 5.91 Å². The first-order valence-corrected chi connectivity index (χ1v) is 11.1. The molecule has 0 unspecified atom stereocenters. The SMILES string of the molecule is CN(C)C(=O)[C@]12C[C@H]1[C@@](CF)(c1cc(CC(=O)c3ccc(Cl)cn3)ccc1F)N=C(N)S2. The second-order valence-corrected chi connectivity index (χ2v) is 10.0. The quantitative estimate of drug-likeness (QED) is 0.643. The van der Waals surface area contributed by atoms with E-state index in [4.69, 9.17) is 17.3 Å². The molecule has 0 radical (unpaired) electrons. The average Bonchev–Trinajstić information content (AvgIpc) is 3.50. The molecule has 1 fully saturated rings. The number of fused-ring (bicyclic) bond motifs is 1. The number of carbonyl (C=O) groups excluding carboxylic acids is 2. The van der Waals surface area contributed by atoms with Crippen molar-refractivity contribution in [2.24, 2.45) is 16.6 Å². The molecule has 1 amide bonds. The van der Waals surface area contributed by atoms with Crippen LogP contribution in [0.2, 0.25) is 5.02 Å². The van der Waals surface area contributed by atoms with Crippen molar-refractivity contribution in [2.75, 3.05) is 20.8 Å². The summed E-state index contributed by atoms with van der Waals surface area (Å²) in [5, 5.41) is 0.444. The number of benzene rings is 1. The number of alkyl halides is 1. The zero-order chi connectivity index (χ0) is 23.3. The fourth-order valence-corrected chi connectivity index (χ4v) is 5.88. The Balaban J connectivity index is 1.71. The van der Waals surface area contributed by atoms with Gasteiger partial charge in [-0.15, -0.1) is 0 Å². The van der Waals surface area contributed by atoms with E-state index in [1.807, 2.05) is 0 Å². The van der Waals surface area contributed by atoms with Crippen molar-refractivity contribution in [1.29, 1.82) is 0 Å². The van der Waals surface area contributed by atoms with Crippen LogP contribution in [0.25, 0.3) is 0 Å². The van der Waals surface area contributed by atoms with E-state index in [0.29, 0.717) is 17.0 Å². The Bertz CT molecular complexity index is 1130. The summed E-state index contributed by atoms with van der Waals surface area (Å²) < 4.78 is 28.7. The Hall–Kier alpha value is -2.52. The molecule has 168 valence electrons. The molecule has 6 nitrogen and oxygen atoms in total. The number of nitrogens with two attached hydrogens (primary N) is 1. The number of thioether (sulfide) groups is 1. The van der Waals surface area contributed by atoms with Crippen LogP contribution in [0.3, 0.4) is 0 Å². The number of rotatable bonds is 6. The minimum absolute atomic E-state index is 0.00366. The van der Waals surface area contributed by atoms with E-state index in [0.717, 1.165) is 11.8 Å². The summed E-state index contributed by atoms with van der Waals surface area (Å²) in [5.41, 5.74) is 5.07. The lowest BCUT2D eigenvalue weighted by Gasteiger charge is -2.35. The number of aliphatic imine (C=N–C) groups is 1. The van der Waals surface area contributed by atoms with Gasteiger partial charge in [0.25, 0.3) is 0 Å². The van der Waals surface area contributed by atoms with Crippen LogP contribution in [-0.2, 0) is 16.8 Å². The van der Waals surface area contributed by atoms with Crippen molar-refractivity contribution in [3.8, 4) is 0 Å². The Morgan fingerprint density at radius 2 is 2.06 bits per heavy atom. The molecule has 3 atom stereocenters. The molecule has 2 heterocycles. The molecule has 2 aliphatic rings. The molecule has 0 spiro atoms. The van der Waals surface area contributed by atoms with E-state index >= 15 is 4.39 Å². The number of Topliss-reactive ketones (excluding diaryl/α,β-unsaturated/α-hetero) is 1. The summed E-state index contributed by atoms with van der Waals surface area (Å²) in [6, 6.07) is 7.16. The van der Waals surface area contributed by atoms with Gasteiger partial charge in [0.15, 0.2) is 11.0 Å². The van der Waals surface area contributed by atoms with Gasteiger partial charge in [0.05, 0.1) is 5.02 Å². The number of aromatic nitrogens is 1. The zero-order valence-corrected chi connectivity index (χ0v) is 19.0. The third kappa shape index (κ3) is 3.67. The van der Waals surface area contributed by atoms with Gasteiger partial charge >= 0.3 is 0 Å². The van der Waals surface area contributed by atoms with Crippen molar-refractivity contribution < 1.29 is 18.4 Å². The number of pyridine rings is 1. The molecule has 0 bridgehead atoms. The standard InChI is InChI=1S/C22H21ClF2N4O2S/c1-29(2)19(31)22-9-18(22)21(11-24,28-20(26)32-22)14-7-12(3-5-15(14)25)8-17(30)16-6-4-13(23)10-27-16/h3-7,10,18H,8-9,11H2,1-2H3,(H2,26,28)/t18-,21+,22-/m0/s1. The van der Waals surface area contributed by atoms with E-state index in [9.17, 15) is 14.0 Å². The first-order chi connectivity index (χ1) is 15.1. The highest BCUT2D eigenvalue weighted by atomic mass is 35.5. The van der Waals surface area contributed by atoms with Crippen LogP contribution in [0, 0.1) is 11.7 Å². The number of amides is 1. The smallest absolute Gasteiger partial charge is 0.239 e. The molecule has 1 aromatic carbocycles. The fourth-order valence-electron chi connectivity index (χ4n) is 4.33. The fraction of sp³-hybridized carbons (Fsp3) is 0.364. The number of hydrogen-bond donors (Lipinski definition) is 1. The molecule has 2 aromatic rings. The highest BCUT2D eigenvalue weighted by Crippen LogP contribution is 2.66. The summed E-state index contributed by atoms with van der Waals surface area (Å²) in [7, 11) is 3.23. The Morgan fingerprint density at radius 3 is 2.69 bits per heavy atom. The molecule has 32 heavy (non-hydrogen) atoms. The van der Waals surface area contributed by atoms with Crippen molar-refractivity contribution in [2.45, 2.75) is 23.1 Å². The third-order valence-corrected chi connectivity index (χ3v) is 7.44. The lowest BCUT2D eigenvalue weighted by Crippen LogP contribution is -2.46. The molecular formula is C22H21ClF2N4O2S. The monoisotopic (exact) mass is 478 g/mol. The van der Waals surface area contributed by atoms with E-state index in [2.05, 4.69) is 9.98 Å². The third-order valence-electron chi connectivity index (χ3n) is 5.93. The molecule has 10 heteroatoms. The summed E-state index contributed by atoms with van der Waals surface area (Å²) in [6.07, 6.45) is 1.64. The van der Waals surface area contributed by atoms with Gasteiger partial charge in [-0.2, -0.15) is 0 Å². The Labute approximate surface area is 193 Å². The van der Waals surface area contributed by atoms with Gasteiger partial charge in [-0.05, 0) is 36.2 Å². The Kier molecular flexibility index (Phi) is 5.75. The summed E-state index contributed by atoms with van der Waals surface area (Å²) >= 11 is 6.92. The van der Waals surface area contributed by atoms with Crippen molar-refractivity contribution >= 4 is 40.2 Å². The number of ketones is 1. The molecule has 1 aliphatic heterocycles. The number of halogens is 3. The predicted molar refractivity (Wildman–Crippen MR) is 120 cm³/mol. The highest BCUT2D eigenvalue weighted by molar-refractivity contribution is 8.15. The summed E-state index contributed by atoms with van der Waals surface area (Å²) in [6.45, 7) is -1.02. The first kappa shape index (κ1) is 22.7. The lowest BCUT2D eigenvalue weighted by atomic mass is 9.83. The molecule has 1 saturated carbocycles. The topological polar surface area (TPSA) is 88.7 Å². The molecule has 1 aromatic heterocycles. The van der Waals surface area contributed by atoms with E-state index in [-0.39, 0.29) is 34.5 Å². The number of carbonyl (C=O) groups is 2. The predicted octanol–water partition coefficient (Wildman–Crippen LogP) is 3.37. The van der Waals surface area contributed by atoms with Crippen molar-refractivity contribution in [3.63, 3.8) is 0 Å². The minimum Gasteiger partial charge on any atom is -0.378 e. The maximum absolute atomic E-state index is 15.0. The van der Waals surface area contributed by atoms with Crippen LogP contribution in [0.5, 0.6) is 0 Å². The van der Waals surface area contributed by atoms with Gasteiger partial charge in [0.1, 0.15) is 28.5 Å². The molecular weight excluding hydrogens is 458 g/mol. The zero-order valence-electron chi connectivity index (χ0n) is 17.4. The van der Waals surface area contributed by atoms with Crippen LogP contribution in [0.4, 0.5) is 8.78 Å². The maximum Gasteiger partial charge on any atom is 0.239 e. The van der Waals surface area contributed by atoms with E-state index in [1.54, 1.807) is 20.2 Å². The largest absolute Gasteiger partial charge is 0.378 e. The van der Waals surface area contributed by atoms with Gasteiger partial charge in [-0.25, -0.2) is 13.8 Å². The first-order valence-electron chi connectivity index (χ1n) is 9.88. The highest BCUT2D eigenvalue weighted by Gasteiger charge is 2.72. The Morgan fingerprint density at radius 1 is 1.31 bits per heavy atom. The van der Waals surface area contributed by atoms with Crippen molar-refractivity contribution in [1.82, 2.24) is 9.88 Å². The van der Waals surface area contributed by atoms with E-state index < -0.39 is 28.7 Å². The van der Waals surface area contributed by atoms with Crippen LogP contribution in [0.1, 0.15) is 28.0 Å². The van der Waals surface area contributed by atoms with Crippen LogP contribution >= 0.6 is 23.4 Å². The maximum atomic E-state index is 15.0. The number of nitrogens with zero attached hydrogens (tertiary/aromatic N) is 3. The van der Waals surface area contributed by atoms with Gasteiger partial charge in [-0.1, -0.05) is 29.4 Å². The van der Waals surface area contributed by atoms with Crippen molar-refractivity contribution in [3.05, 3.63) is 64.2 Å². The minimum atomic E-state index is -1.62.